The average Bonchev–Trinajstić information content (AvgIpc) is 3.22. The predicted molar refractivity (Wildman–Crippen MR) is 96.8 cm³/mol. The Bertz CT molecular complexity index is 857. The van der Waals surface area contributed by atoms with Crippen LogP contribution in [-0.4, -0.2) is 35.2 Å². The fourth-order valence-corrected chi connectivity index (χ4v) is 5.19. The minimum absolute atomic E-state index is 0.0538. The summed E-state index contributed by atoms with van der Waals surface area (Å²) >= 11 is 0.964. The van der Waals surface area contributed by atoms with E-state index in [1.54, 1.807) is 12.1 Å². The second-order valence-corrected chi connectivity index (χ2v) is 8.93. The molecule has 1 fully saturated rings. The highest BCUT2D eigenvalue weighted by Crippen LogP contribution is 2.22. The number of amides is 1. The maximum absolute atomic E-state index is 12.8. The topological polar surface area (TPSA) is 101 Å². The van der Waals surface area contributed by atoms with Gasteiger partial charge in [0.2, 0.25) is 15.9 Å². The van der Waals surface area contributed by atoms with Crippen molar-refractivity contribution in [1.29, 1.82) is 0 Å². The number of sulfonamides is 1. The SMILES string of the molecule is CC(C)[C@H](NS(=O)(=O)c1cccc2nsnc12)C(=O)NC1CCCC1. The zero-order valence-electron chi connectivity index (χ0n) is 14.2. The third-order valence-corrected chi connectivity index (χ3v) is 6.49. The summed E-state index contributed by atoms with van der Waals surface area (Å²) in [6.07, 6.45) is 4.10. The van der Waals surface area contributed by atoms with E-state index >= 15 is 0 Å². The number of benzene rings is 1. The van der Waals surface area contributed by atoms with Crippen molar-refractivity contribution in [2.24, 2.45) is 5.92 Å². The van der Waals surface area contributed by atoms with Crippen molar-refractivity contribution in [2.75, 3.05) is 0 Å². The lowest BCUT2D eigenvalue weighted by atomic mass is 10.0. The highest BCUT2D eigenvalue weighted by atomic mass is 32.2. The molecule has 2 N–H and O–H groups in total. The molecule has 0 unspecified atom stereocenters. The summed E-state index contributed by atoms with van der Waals surface area (Å²) in [7, 11) is -3.89. The molecule has 1 heterocycles. The fraction of sp³-hybridized carbons (Fsp3) is 0.562. The quantitative estimate of drug-likeness (QED) is 0.796. The van der Waals surface area contributed by atoms with Gasteiger partial charge < -0.3 is 5.32 Å². The molecule has 1 atom stereocenters. The van der Waals surface area contributed by atoms with Gasteiger partial charge in [0.15, 0.2) is 0 Å². The molecule has 9 heteroatoms. The molecule has 1 saturated carbocycles. The largest absolute Gasteiger partial charge is 0.352 e. The first-order chi connectivity index (χ1) is 11.9. The van der Waals surface area contributed by atoms with Crippen LogP contribution < -0.4 is 10.0 Å². The Labute approximate surface area is 151 Å². The lowest BCUT2D eigenvalue weighted by molar-refractivity contribution is -0.124. The van der Waals surface area contributed by atoms with Gasteiger partial charge in [-0.15, -0.1) is 0 Å². The molecule has 0 radical (unpaired) electrons. The zero-order valence-corrected chi connectivity index (χ0v) is 15.9. The molecule has 0 bridgehead atoms. The van der Waals surface area contributed by atoms with E-state index in [-0.39, 0.29) is 22.8 Å². The van der Waals surface area contributed by atoms with Gasteiger partial charge in [0.05, 0.1) is 11.7 Å². The van der Waals surface area contributed by atoms with Crippen molar-refractivity contribution in [3.05, 3.63) is 18.2 Å². The van der Waals surface area contributed by atoms with Gasteiger partial charge in [-0.25, -0.2) is 8.42 Å². The first-order valence-electron chi connectivity index (χ1n) is 8.42. The molecule has 0 saturated heterocycles. The number of nitrogens with zero attached hydrogens (tertiary/aromatic N) is 2. The van der Waals surface area contributed by atoms with Crippen molar-refractivity contribution < 1.29 is 13.2 Å². The highest BCUT2D eigenvalue weighted by molar-refractivity contribution is 7.89. The normalized spacial score (nSPS) is 17.2. The number of aromatic nitrogens is 2. The average molecular weight is 383 g/mol. The van der Waals surface area contributed by atoms with Crippen molar-refractivity contribution in [3.63, 3.8) is 0 Å². The summed E-state index contributed by atoms with van der Waals surface area (Å²) in [5.74, 6) is -0.446. The summed E-state index contributed by atoms with van der Waals surface area (Å²) in [6.45, 7) is 3.65. The van der Waals surface area contributed by atoms with Crippen molar-refractivity contribution in [2.45, 2.75) is 56.5 Å². The van der Waals surface area contributed by atoms with E-state index in [1.807, 2.05) is 13.8 Å². The molecular formula is C16H22N4O3S2. The van der Waals surface area contributed by atoms with E-state index in [1.165, 1.54) is 6.07 Å². The minimum atomic E-state index is -3.89. The minimum Gasteiger partial charge on any atom is -0.352 e. The summed E-state index contributed by atoms with van der Waals surface area (Å²) in [5, 5.41) is 2.97. The Morgan fingerprint density at radius 2 is 1.96 bits per heavy atom. The predicted octanol–water partition coefficient (Wildman–Crippen LogP) is 2.05. The van der Waals surface area contributed by atoms with E-state index in [0.717, 1.165) is 37.4 Å². The lowest BCUT2D eigenvalue weighted by Crippen LogP contribution is -2.51. The maximum Gasteiger partial charge on any atom is 0.243 e. The molecule has 25 heavy (non-hydrogen) atoms. The molecular weight excluding hydrogens is 360 g/mol. The second-order valence-electron chi connectivity index (χ2n) is 6.72. The molecule has 1 aromatic heterocycles. The summed E-state index contributed by atoms with van der Waals surface area (Å²) in [6, 6.07) is 4.14. The van der Waals surface area contributed by atoms with Crippen LogP contribution in [0.5, 0.6) is 0 Å². The van der Waals surface area contributed by atoms with Gasteiger partial charge in [0.25, 0.3) is 0 Å². The fourth-order valence-electron chi connectivity index (χ4n) is 3.08. The molecule has 1 aliphatic carbocycles. The Morgan fingerprint density at radius 1 is 1.24 bits per heavy atom. The van der Waals surface area contributed by atoms with Crippen LogP contribution in [0.2, 0.25) is 0 Å². The third-order valence-electron chi connectivity index (χ3n) is 4.47. The van der Waals surface area contributed by atoms with Crippen LogP contribution in [0.15, 0.2) is 23.1 Å². The molecule has 1 aliphatic rings. The summed E-state index contributed by atoms with van der Waals surface area (Å²) < 4.78 is 36.4. The van der Waals surface area contributed by atoms with Gasteiger partial charge in [-0.05, 0) is 30.9 Å². The monoisotopic (exact) mass is 382 g/mol. The zero-order chi connectivity index (χ0) is 18.0. The van der Waals surface area contributed by atoms with E-state index in [9.17, 15) is 13.2 Å². The Kier molecular flexibility index (Phi) is 5.35. The number of carbonyl (C=O) groups is 1. The summed E-state index contributed by atoms with van der Waals surface area (Å²) in [4.78, 5) is 12.7. The molecule has 136 valence electrons. The van der Waals surface area contributed by atoms with Crippen LogP contribution in [0.4, 0.5) is 0 Å². The standard InChI is InChI=1S/C16H22N4O3S2/c1-10(2)14(16(21)17-11-6-3-4-7-11)20-25(22,23)13-9-5-8-12-15(13)19-24-18-12/h5,8-11,14,20H,3-4,6-7H2,1-2H3,(H,17,21)/t14-/m0/s1. The third kappa shape index (κ3) is 3.99. The Hall–Kier alpha value is -1.58. The first kappa shape index (κ1) is 18.2. The molecule has 7 nitrogen and oxygen atoms in total. The van der Waals surface area contributed by atoms with Gasteiger partial charge in [-0.2, -0.15) is 13.5 Å². The smallest absolute Gasteiger partial charge is 0.243 e. The second kappa shape index (κ2) is 7.35. The van der Waals surface area contributed by atoms with Crippen LogP contribution in [0, 0.1) is 5.92 Å². The number of hydrogen-bond donors (Lipinski definition) is 2. The van der Waals surface area contributed by atoms with Crippen molar-refractivity contribution >= 4 is 38.7 Å². The summed E-state index contributed by atoms with van der Waals surface area (Å²) in [5.41, 5.74) is 0.864. The van der Waals surface area contributed by atoms with Crippen LogP contribution in [0.3, 0.4) is 0 Å². The number of fused-ring (bicyclic) bond motifs is 1. The molecule has 2 aromatic rings. The van der Waals surface area contributed by atoms with Crippen LogP contribution in [0.1, 0.15) is 39.5 Å². The number of nitrogens with one attached hydrogen (secondary N) is 2. The van der Waals surface area contributed by atoms with E-state index in [2.05, 4.69) is 18.8 Å². The van der Waals surface area contributed by atoms with Crippen LogP contribution in [0.25, 0.3) is 11.0 Å². The van der Waals surface area contributed by atoms with Gasteiger partial charge in [0.1, 0.15) is 22.0 Å². The van der Waals surface area contributed by atoms with E-state index in [4.69, 9.17) is 0 Å². The van der Waals surface area contributed by atoms with Gasteiger partial charge >= 0.3 is 0 Å². The maximum atomic E-state index is 12.8. The van der Waals surface area contributed by atoms with E-state index in [0.29, 0.717) is 11.0 Å². The molecule has 0 spiro atoms. The van der Waals surface area contributed by atoms with Gasteiger partial charge in [0, 0.05) is 6.04 Å². The molecule has 3 rings (SSSR count). The Balaban J connectivity index is 1.83. The number of carbonyl (C=O) groups excluding carboxylic acids is 1. The Morgan fingerprint density at radius 3 is 2.64 bits per heavy atom. The number of hydrogen-bond acceptors (Lipinski definition) is 6. The first-order valence-corrected chi connectivity index (χ1v) is 10.6. The van der Waals surface area contributed by atoms with Gasteiger partial charge in [-0.1, -0.05) is 32.8 Å². The lowest BCUT2D eigenvalue weighted by Gasteiger charge is -2.23. The van der Waals surface area contributed by atoms with Crippen LogP contribution >= 0.6 is 11.7 Å². The number of rotatable bonds is 6. The van der Waals surface area contributed by atoms with Crippen molar-refractivity contribution in [1.82, 2.24) is 18.8 Å². The van der Waals surface area contributed by atoms with Gasteiger partial charge in [-0.3, -0.25) is 4.79 Å². The molecule has 1 aromatic carbocycles. The van der Waals surface area contributed by atoms with Crippen LogP contribution in [-0.2, 0) is 14.8 Å². The van der Waals surface area contributed by atoms with E-state index < -0.39 is 16.1 Å². The highest BCUT2D eigenvalue weighted by Gasteiger charge is 2.31. The van der Waals surface area contributed by atoms with Crippen molar-refractivity contribution in [3.8, 4) is 0 Å². The molecule has 1 amide bonds. The molecule has 0 aliphatic heterocycles.